The number of hydrogen-bond donors (Lipinski definition) is 0. The fourth-order valence-electron chi connectivity index (χ4n) is 1.21. The number of hydrogen-bond acceptors (Lipinski definition) is 2. The van der Waals surface area contributed by atoms with Gasteiger partial charge >= 0.3 is 0 Å². The molecule has 0 saturated carbocycles. The van der Waals surface area contributed by atoms with Gasteiger partial charge < -0.3 is 4.42 Å². The second-order valence-electron chi connectivity index (χ2n) is 2.52. The standard InChI is InChI=1S/C9H4ClFO2/c10-9-5(4-12)8-6(11)2-1-3-7(8)13-9/h1-4H. The molecule has 0 saturated heterocycles. The van der Waals surface area contributed by atoms with Gasteiger partial charge in [0.2, 0.25) is 5.22 Å². The molecule has 0 spiro atoms. The molecule has 1 aromatic heterocycles. The molecular formula is C9H4ClFO2. The molecule has 0 N–H and O–H groups in total. The predicted molar refractivity (Wildman–Crippen MR) is 46.6 cm³/mol. The molecule has 2 aromatic rings. The first-order valence-corrected chi connectivity index (χ1v) is 3.93. The summed E-state index contributed by atoms with van der Waals surface area (Å²) in [6.45, 7) is 0. The van der Waals surface area contributed by atoms with Crippen LogP contribution in [0, 0.1) is 5.82 Å². The first-order chi connectivity index (χ1) is 6.24. The second kappa shape index (κ2) is 2.85. The fourth-order valence-corrected chi connectivity index (χ4v) is 1.43. The summed E-state index contributed by atoms with van der Waals surface area (Å²) in [5, 5.41) is 0.0672. The third-order valence-corrected chi connectivity index (χ3v) is 2.05. The lowest BCUT2D eigenvalue weighted by Crippen LogP contribution is -1.80. The molecule has 0 aliphatic heterocycles. The molecule has 13 heavy (non-hydrogen) atoms. The van der Waals surface area contributed by atoms with E-state index in [0.29, 0.717) is 6.29 Å². The molecule has 0 bridgehead atoms. The van der Waals surface area contributed by atoms with Gasteiger partial charge in [-0.05, 0) is 23.7 Å². The Bertz CT molecular complexity index is 476. The van der Waals surface area contributed by atoms with Crippen molar-refractivity contribution in [3.8, 4) is 0 Å². The highest BCUT2D eigenvalue weighted by molar-refractivity contribution is 6.33. The van der Waals surface area contributed by atoms with Crippen molar-refractivity contribution in [1.29, 1.82) is 0 Å². The van der Waals surface area contributed by atoms with E-state index in [2.05, 4.69) is 0 Å². The van der Waals surface area contributed by atoms with Gasteiger partial charge in [0.05, 0.1) is 10.9 Å². The van der Waals surface area contributed by atoms with Crippen LogP contribution < -0.4 is 0 Å². The summed E-state index contributed by atoms with van der Waals surface area (Å²) >= 11 is 5.58. The SMILES string of the molecule is O=Cc1c(Cl)oc2cccc(F)c12. The number of halogens is 2. The summed E-state index contributed by atoms with van der Waals surface area (Å²) in [5.41, 5.74) is 0.349. The molecular weight excluding hydrogens is 195 g/mol. The van der Waals surface area contributed by atoms with Crippen LogP contribution in [0.3, 0.4) is 0 Å². The maximum absolute atomic E-state index is 13.2. The van der Waals surface area contributed by atoms with E-state index >= 15 is 0 Å². The van der Waals surface area contributed by atoms with Gasteiger partial charge in [-0.2, -0.15) is 0 Å². The number of fused-ring (bicyclic) bond motifs is 1. The molecule has 0 aliphatic carbocycles. The van der Waals surface area contributed by atoms with Crippen LogP contribution in [-0.4, -0.2) is 6.29 Å². The smallest absolute Gasteiger partial charge is 0.205 e. The first-order valence-electron chi connectivity index (χ1n) is 3.55. The zero-order chi connectivity index (χ0) is 9.42. The third kappa shape index (κ3) is 1.12. The van der Waals surface area contributed by atoms with E-state index in [0.717, 1.165) is 0 Å². The number of carbonyl (C=O) groups excluding carboxylic acids is 1. The van der Waals surface area contributed by atoms with E-state index in [-0.39, 0.29) is 21.8 Å². The number of benzene rings is 1. The van der Waals surface area contributed by atoms with Crippen LogP contribution in [0.1, 0.15) is 10.4 Å². The van der Waals surface area contributed by atoms with Crippen LogP contribution in [0.15, 0.2) is 22.6 Å². The lowest BCUT2D eigenvalue weighted by molar-refractivity contribution is 0.112. The Labute approximate surface area is 77.9 Å². The minimum Gasteiger partial charge on any atom is -0.444 e. The van der Waals surface area contributed by atoms with E-state index in [1.165, 1.54) is 12.1 Å². The average molecular weight is 199 g/mol. The second-order valence-corrected chi connectivity index (χ2v) is 2.86. The fraction of sp³-hybridized carbons (Fsp3) is 0. The van der Waals surface area contributed by atoms with Crippen LogP contribution >= 0.6 is 11.6 Å². The van der Waals surface area contributed by atoms with Crippen molar-refractivity contribution in [1.82, 2.24) is 0 Å². The Morgan fingerprint density at radius 3 is 2.92 bits per heavy atom. The van der Waals surface area contributed by atoms with Gasteiger partial charge in [-0.25, -0.2) is 4.39 Å². The molecule has 4 heteroatoms. The monoisotopic (exact) mass is 198 g/mol. The average Bonchev–Trinajstić information content (AvgIpc) is 2.42. The highest BCUT2D eigenvalue weighted by Gasteiger charge is 2.14. The van der Waals surface area contributed by atoms with Crippen molar-refractivity contribution in [2.24, 2.45) is 0 Å². The zero-order valence-electron chi connectivity index (χ0n) is 6.38. The molecule has 0 unspecified atom stereocenters. The van der Waals surface area contributed by atoms with Crippen molar-refractivity contribution >= 4 is 28.9 Å². The molecule has 66 valence electrons. The van der Waals surface area contributed by atoms with Gasteiger partial charge in [-0.15, -0.1) is 0 Å². The topological polar surface area (TPSA) is 30.2 Å². The number of furan rings is 1. The first kappa shape index (κ1) is 8.26. The minimum atomic E-state index is -0.504. The molecule has 2 nitrogen and oxygen atoms in total. The van der Waals surface area contributed by atoms with Crippen LogP contribution in [-0.2, 0) is 0 Å². The number of aldehydes is 1. The van der Waals surface area contributed by atoms with Crippen molar-refractivity contribution in [2.75, 3.05) is 0 Å². The summed E-state index contributed by atoms with van der Waals surface area (Å²) < 4.78 is 18.1. The van der Waals surface area contributed by atoms with Crippen molar-refractivity contribution in [3.63, 3.8) is 0 Å². The van der Waals surface area contributed by atoms with E-state index < -0.39 is 5.82 Å². The van der Waals surface area contributed by atoms with Gasteiger partial charge in [0.15, 0.2) is 6.29 Å². The molecule has 0 fully saturated rings. The lowest BCUT2D eigenvalue weighted by Gasteiger charge is -1.89. The van der Waals surface area contributed by atoms with Crippen LogP contribution in [0.2, 0.25) is 5.22 Å². The van der Waals surface area contributed by atoms with Gasteiger partial charge in [0.1, 0.15) is 11.4 Å². The molecule has 0 amide bonds. The van der Waals surface area contributed by atoms with E-state index in [9.17, 15) is 9.18 Å². The van der Waals surface area contributed by atoms with E-state index in [1.54, 1.807) is 6.07 Å². The summed E-state index contributed by atoms with van der Waals surface area (Å²) in [4.78, 5) is 10.5. The Kier molecular flexibility index (Phi) is 1.81. The summed E-state index contributed by atoms with van der Waals surface area (Å²) in [5.74, 6) is -0.504. The molecule has 1 heterocycles. The summed E-state index contributed by atoms with van der Waals surface area (Å²) in [6, 6.07) is 4.30. The van der Waals surface area contributed by atoms with Gasteiger partial charge in [-0.1, -0.05) is 6.07 Å². The highest BCUT2D eigenvalue weighted by Crippen LogP contribution is 2.29. The van der Waals surface area contributed by atoms with E-state index in [1.807, 2.05) is 0 Å². The molecule has 0 atom stereocenters. The molecule has 1 aromatic carbocycles. The van der Waals surface area contributed by atoms with Crippen molar-refractivity contribution in [2.45, 2.75) is 0 Å². The largest absolute Gasteiger partial charge is 0.444 e. The van der Waals surface area contributed by atoms with Crippen molar-refractivity contribution in [3.05, 3.63) is 34.8 Å². The Hall–Kier alpha value is -1.35. The minimum absolute atomic E-state index is 0.0646. The zero-order valence-corrected chi connectivity index (χ0v) is 7.14. The maximum Gasteiger partial charge on any atom is 0.205 e. The summed E-state index contributed by atoms with van der Waals surface area (Å²) in [7, 11) is 0. The van der Waals surface area contributed by atoms with Crippen LogP contribution in [0.5, 0.6) is 0 Å². The lowest BCUT2D eigenvalue weighted by atomic mass is 10.2. The number of rotatable bonds is 1. The summed E-state index contributed by atoms with van der Waals surface area (Å²) in [6.07, 6.45) is 0.483. The number of carbonyl (C=O) groups is 1. The Balaban J connectivity index is 2.96. The Morgan fingerprint density at radius 1 is 1.46 bits per heavy atom. The van der Waals surface area contributed by atoms with Gasteiger partial charge in [0, 0.05) is 0 Å². The quantitative estimate of drug-likeness (QED) is 0.660. The maximum atomic E-state index is 13.2. The third-order valence-electron chi connectivity index (χ3n) is 1.77. The van der Waals surface area contributed by atoms with Crippen LogP contribution in [0.25, 0.3) is 11.0 Å². The normalized spacial score (nSPS) is 10.6. The Morgan fingerprint density at radius 2 is 2.23 bits per heavy atom. The van der Waals surface area contributed by atoms with Gasteiger partial charge in [0.25, 0.3) is 0 Å². The molecule has 0 aliphatic rings. The van der Waals surface area contributed by atoms with Gasteiger partial charge in [-0.3, -0.25) is 4.79 Å². The molecule has 0 radical (unpaired) electrons. The van der Waals surface area contributed by atoms with Crippen LogP contribution in [0.4, 0.5) is 4.39 Å². The van der Waals surface area contributed by atoms with Crippen molar-refractivity contribution < 1.29 is 13.6 Å². The predicted octanol–water partition coefficient (Wildman–Crippen LogP) is 3.04. The van der Waals surface area contributed by atoms with E-state index in [4.69, 9.17) is 16.0 Å². The molecule has 2 rings (SSSR count). The highest BCUT2D eigenvalue weighted by atomic mass is 35.5.